The summed E-state index contributed by atoms with van der Waals surface area (Å²) < 4.78 is 5.28. The summed E-state index contributed by atoms with van der Waals surface area (Å²) in [6.45, 7) is 15.0. The zero-order chi connectivity index (χ0) is 17.3. The smallest absolute Gasteiger partial charge is 0.402 e. The van der Waals surface area contributed by atoms with Gasteiger partial charge in [0.15, 0.2) is 0 Å². The first-order chi connectivity index (χ1) is 10.5. The van der Waals surface area contributed by atoms with Crippen LogP contribution in [0.25, 0.3) is 0 Å². The molecule has 5 heteroatoms. The molecule has 0 fully saturated rings. The molecule has 134 valence electrons. The molecule has 0 heterocycles. The van der Waals surface area contributed by atoms with Crippen LogP contribution in [0.3, 0.4) is 0 Å². The van der Waals surface area contributed by atoms with Crippen molar-refractivity contribution < 1.29 is 19.2 Å². The minimum absolute atomic E-state index is 1.20. The third kappa shape index (κ3) is 14.8. The summed E-state index contributed by atoms with van der Waals surface area (Å²) in [5, 5.41) is 15.4. The van der Waals surface area contributed by atoms with Crippen LogP contribution in [0.2, 0.25) is 0 Å². The van der Waals surface area contributed by atoms with Crippen LogP contribution in [0.4, 0.5) is 0 Å². The molecule has 0 atom stereocenters. The van der Waals surface area contributed by atoms with Crippen LogP contribution in [-0.2, 0) is 4.65 Å². The number of hydrogen-bond donors (Lipinski definition) is 2. The zero-order valence-corrected chi connectivity index (χ0v) is 15.8. The molecule has 0 bridgehead atoms. The Bertz CT molecular complexity index is 179. The molecule has 0 aliphatic rings. The van der Waals surface area contributed by atoms with Crippen molar-refractivity contribution in [1.82, 2.24) is 0 Å². The van der Waals surface area contributed by atoms with E-state index >= 15 is 0 Å². The molecule has 0 aromatic carbocycles. The van der Waals surface area contributed by atoms with Crippen molar-refractivity contribution >= 4 is 7.32 Å². The maximum absolute atomic E-state index is 7.69. The lowest BCUT2D eigenvalue weighted by Crippen LogP contribution is -2.50. The molecular formula is C17H41BNO3+. The molecule has 0 rings (SSSR count). The molecular weight excluding hydrogens is 277 g/mol. The highest BCUT2D eigenvalue weighted by Crippen LogP contribution is 2.16. The fraction of sp³-hybridized carbons (Fsp3) is 1.00. The van der Waals surface area contributed by atoms with Gasteiger partial charge in [0, 0.05) is 7.11 Å². The fourth-order valence-corrected chi connectivity index (χ4v) is 2.64. The minimum Gasteiger partial charge on any atom is -0.402 e. The normalized spacial score (nSPS) is 11.0. The van der Waals surface area contributed by atoms with E-state index in [0.717, 1.165) is 0 Å². The molecule has 0 spiro atoms. The largest absolute Gasteiger partial charge is 0.633 e. The van der Waals surface area contributed by atoms with Crippen molar-refractivity contribution in [3.8, 4) is 0 Å². The topological polar surface area (TPSA) is 49.7 Å². The number of hydrogen-bond acceptors (Lipinski definition) is 3. The highest BCUT2D eigenvalue weighted by atomic mass is 16.6. The summed E-state index contributed by atoms with van der Waals surface area (Å²) in [6, 6.07) is 0. The van der Waals surface area contributed by atoms with Crippen molar-refractivity contribution in [2.45, 2.75) is 79.1 Å². The van der Waals surface area contributed by atoms with Crippen molar-refractivity contribution in [3.05, 3.63) is 0 Å². The predicted molar refractivity (Wildman–Crippen MR) is 96.6 cm³/mol. The van der Waals surface area contributed by atoms with Gasteiger partial charge in [0.2, 0.25) is 0 Å². The fourth-order valence-electron chi connectivity index (χ4n) is 2.64. The van der Waals surface area contributed by atoms with Gasteiger partial charge in [0.25, 0.3) is 0 Å². The van der Waals surface area contributed by atoms with Gasteiger partial charge in [-0.3, -0.25) is 0 Å². The quantitative estimate of drug-likeness (QED) is 0.403. The lowest BCUT2D eigenvalue weighted by atomic mass is 10.1. The van der Waals surface area contributed by atoms with Crippen molar-refractivity contribution in [2.24, 2.45) is 0 Å². The van der Waals surface area contributed by atoms with Gasteiger partial charge < -0.3 is 19.2 Å². The summed E-state index contributed by atoms with van der Waals surface area (Å²) in [5.41, 5.74) is 0. The van der Waals surface area contributed by atoms with Gasteiger partial charge in [-0.15, -0.1) is 0 Å². The molecule has 2 N–H and O–H groups in total. The van der Waals surface area contributed by atoms with Crippen LogP contribution in [0.1, 0.15) is 79.1 Å². The summed E-state index contributed by atoms with van der Waals surface area (Å²) in [7, 11) is -0.417. The molecule has 0 aliphatic heterocycles. The van der Waals surface area contributed by atoms with Crippen LogP contribution >= 0.6 is 0 Å². The maximum atomic E-state index is 7.69. The number of quaternary nitrogens is 1. The van der Waals surface area contributed by atoms with E-state index < -0.39 is 7.32 Å². The third-order valence-electron chi connectivity index (χ3n) is 4.15. The van der Waals surface area contributed by atoms with Gasteiger partial charge in [-0.25, -0.2) is 0 Å². The monoisotopic (exact) mass is 318 g/mol. The van der Waals surface area contributed by atoms with Crippen molar-refractivity contribution in [1.29, 1.82) is 0 Å². The SMILES string of the molecule is CCCC[N+](CCCC)(CCCC)CCCC.COB(O)O. The Morgan fingerprint density at radius 3 is 1.05 bits per heavy atom. The number of rotatable bonds is 13. The second kappa shape index (κ2) is 17.3. The van der Waals surface area contributed by atoms with Gasteiger partial charge in [-0.1, -0.05) is 53.4 Å². The first-order valence-electron chi connectivity index (χ1n) is 9.25. The predicted octanol–water partition coefficient (Wildman–Crippen LogP) is 3.61. The summed E-state index contributed by atoms with van der Waals surface area (Å²) in [4.78, 5) is 0. The van der Waals surface area contributed by atoms with Crippen LogP contribution in [-0.4, -0.2) is 55.1 Å². The minimum atomic E-state index is -1.62. The summed E-state index contributed by atoms with van der Waals surface area (Å²) in [5.74, 6) is 0. The number of nitrogens with zero attached hydrogens (tertiary/aromatic N) is 1. The van der Waals surface area contributed by atoms with Crippen LogP contribution in [0.15, 0.2) is 0 Å². The van der Waals surface area contributed by atoms with E-state index in [1.54, 1.807) is 0 Å². The molecule has 22 heavy (non-hydrogen) atoms. The van der Waals surface area contributed by atoms with Crippen LogP contribution in [0, 0.1) is 0 Å². The highest BCUT2D eigenvalue weighted by Gasteiger charge is 2.24. The van der Waals surface area contributed by atoms with E-state index in [9.17, 15) is 0 Å². The average molecular weight is 318 g/mol. The Kier molecular flexibility index (Phi) is 19.0. The third-order valence-corrected chi connectivity index (χ3v) is 4.15. The Morgan fingerprint density at radius 1 is 0.682 bits per heavy atom. The molecule has 0 saturated heterocycles. The van der Waals surface area contributed by atoms with E-state index in [1.807, 2.05) is 0 Å². The van der Waals surface area contributed by atoms with E-state index in [1.165, 1.54) is 89.1 Å². The van der Waals surface area contributed by atoms with Crippen LogP contribution < -0.4 is 0 Å². The molecule has 0 amide bonds. The molecule has 4 nitrogen and oxygen atoms in total. The van der Waals surface area contributed by atoms with Crippen molar-refractivity contribution in [2.75, 3.05) is 33.3 Å². The Morgan fingerprint density at radius 2 is 0.909 bits per heavy atom. The Balaban J connectivity index is 0. The number of unbranched alkanes of at least 4 members (excludes halogenated alkanes) is 4. The molecule has 0 aliphatic carbocycles. The Hall–Kier alpha value is -0.0951. The standard InChI is InChI=1S/C16H36N.CH5BO3/c1-5-9-13-17(14-10-6-2,15-11-7-3)16-12-8-4;1-5-2(3)4/h5-16H2,1-4H3;3-4H,1H3/q+1;. The summed E-state index contributed by atoms with van der Waals surface area (Å²) in [6.07, 6.45) is 11.1. The van der Waals surface area contributed by atoms with Gasteiger partial charge in [-0.2, -0.15) is 0 Å². The summed E-state index contributed by atoms with van der Waals surface area (Å²) >= 11 is 0. The van der Waals surface area contributed by atoms with E-state index in [-0.39, 0.29) is 0 Å². The second-order valence-corrected chi connectivity index (χ2v) is 6.21. The maximum Gasteiger partial charge on any atom is 0.633 e. The van der Waals surface area contributed by atoms with E-state index in [2.05, 4.69) is 32.3 Å². The van der Waals surface area contributed by atoms with E-state index in [0.29, 0.717) is 0 Å². The second-order valence-electron chi connectivity index (χ2n) is 6.21. The molecule has 0 radical (unpaired) electrons. The lowest BCUT2D eigenvalue weighted by Gasteiger charge is -2.39. The van der Waals surface area contributed by atoms with Crippen LogP contribution in [0.5, 0.6) is 0 Å². The average Bonchev–Trinajstić information content (AvgIpc) is 2.54. The Labute approximate surface area is 139 Å². The van der Waals surface area contributed by atoms with Gasteiger partial charge in [0.1, 0.15) is 0 Å². The molecule has 0 aromatic rings. The highest BCUT2D eigenvalue weighted by molar-refractivity contribution is 6.32. The van der Waals surface area contributed by atoms with Crippen molar-refractivity contribution in [3.63, 3.8) is 0 Å². The van der Waals surface area contributed by atoms with Gasteiger partial charge in [-0.05, 0) is 25.7 Å². The van der Waals surface area contributed by atoms with Gasteiger partial charge in [0.05, 0.1) is 26.2 Å². The molecule has 0 aromatic heterocycles. The molecule has 0 saturated carbocycles. The van der Waals surface area contributed by atoms with Gasteiger partial charge >= 0.3 is 7.32 Å². The zero-order valence-electron chi connectivity index (χ0n) is 15.8. The first kappa shape index (κ1) is 24.2. The van der Waals surface area contributed by atoms with E-state index in [4.69, 9.17) is 10.0 Å². The molecule has 0 unspecified atom stereocenters. The first-order valence-corrected chi connectivity index (χ1v) is 9.25. The lowest BCUT2D eigenvalue weighted by molar-refractivity contribution is -0.929.